The molecular formula is C15H26BrN3. The minimum Gasteiger partial charge on any atom is -0.311 e. The predicted octanol–water partition coefficient (Wildman–Crippen LogP) is 3.75. The zero-order chi connectivity index (χ0) is 14.0. The first-order valence-electron chi connectivity index (χ1n) is 7.48. The molecule has 2 rings (SSSR count). The fourth-order valence-electron chi connectivity index (χ4n) is 2.73. The summed E-state index contributed by atoms with van der Waals surface area (Å²) in [5.74, 6) is 0.783. The lowest BCUT2D eigenvalue weighted by molar-refractivity contribution is 0.335. The second-order valence-corrected chi connectivity index (χ2v) is 6.79. The Morgan fingerprint density at radius 1 is 1.37 bits per heavy atom. The molecule has 1 aliphatic rings. The maximum atomic E-state index is 4.64. The van der Waals surface area contributed by atoms with Crippen LogP contribution in [0.2, 0.25) is 0 Å². The molecule has 1 heterocycles. The van der Waals surface area contributed by atoms with Crippen molar-refractivity contribution < 1.29 is 0 Å². The molecule has 108 valence electrons. The number of nitrogens with zero attached hydrogens (tertiary/aromatic N) is 2. The van der Waals surface area contributed by atoms with E-state index in [0.717, 1.165) is 32.0 Å². The van der Waals surface area contributed by atoms with Gasteiger partial charge in [0.25, 0.3) is 0 Å². The average Bonchev–Trinajstić information content (AvgIpc) is 3.12. The van der Waals surface area contributed by atoms with E-state index < -0.39 is 0 Å². The molecule has 0 bridgehead atoms. The molecule has 1 aliphatic carbocycles. The number of aryl methyl sites for hydroxylation is 2. The summed E-state index contributed by atoms with van der Waals surface area (Å²) >= 11 is 3.70. The van der Waals surface area contributed by atoms with E-state index in [4.69, 9.17) is 0 Å². The van der Waals surface area contributed by atoms with Crippen LogP contribution in [0.25, 0.3) is 0 Å². The van der Waals surface area contributed by atoms with Crippen LogP contribution in [0, 0.1) is 11.3 Å². The molecule has 1 N–H and O–H groups in total. The largest absolute Gasteiger partial charge is 0.311 e. The van der Waals surface area contributed by atoms with Crippen LogP contribution in [0.3, 0.4) is 0 Å². The van der Waals surface area contributed by atoms with Gasteiger partial charge in [-0.05, 0) is 53.4 Å². The van der Waals surface area contributed by atoms with E-state index in [1.165, 1.54) is 28.7 Å². The van der Waals surface area contributed by atoms with E-state index >= 15 is 0 Å². The molecule has 0 aliphatic heterocycles. The first kappa shape index (κ1) is 15.0. The molecule has 0 aromatic carbocycles. The summed E-state index contributed by atoms with van der Waals surface area (Å²) in [6, 6.07) is 0. The lowest BCUT2D eigenvalue weighted by atomic mass is 9.92. The molecule has 0 unspecified atom stereocenters. The van der Waals surface area contributed by atoms with Gasteiger partial charge in [-0.2, -0.15) is 5.10 Å². The van der Waals surface area contributed by atoms with Gasteiger partial charge < -0.3 is 5.32 Å². The van der Waals surface area contributed by atoms with Crippen molar-refractivity contribution in [2.75, 3.05) is 6.54 Å². The second-order valence-electron chi connectivity index (χ2n) is 6.00. The van der Waals surface area contributed by atoms with E-state index in [2.05, 4.69) is 58.7 Å². The number of nitrogens with one attached hydrogen (secondary N) is 1. The molecule has 3 nitrogen and oxygen atoms in total. The summed E-state index contributed by atoms with van der Waals surface area (Å²) in [5, 5.41) is 8.29. The van der Waals surface area contributed by atoms with Crippen molar-refractivity contribution in [3.63, 3.8) is 0 Å². The minimum absolute atomic E-state index is 0.567. The fraction of sp³-hybridized carbons (Fsp3) is 0.800. The van der Waals surface area contributed by atoms with Gasteiger partial charge in [0.1, 0.15) is 0 Å². The molecule has 1 fully saturated rings. The van der Waals surface area contributed by atoms with Gasteiger partial charge in [0.15, 0.2) is 0 Å². The van der Waals surface area contributed by atoms with Crippen molar-refractivity contribution in [3.8, 4) is 0 Å². The van der Waals surface area contributed by atoms with Gasteiger partial charge in [0.2, 0.25) is 0 Å². The van der Waals surface area contributed by atoms with Crippen molar-refractivity contribution in [1.82, 2.24) is 15.1 Å². The number of halogens is 1. The summed E-state index contributed by atoms with van der Waals surface area (Å²) in [6.45, 7) is 12.0. The van der Waals surface area contributed by atoms with Crippen molar-refractivity contribution in [1.29, 1.82) is 0 Å². The highest BCUT2D eigenvalue weighted by Gasteiger charge is 2.44. The Labute approximate surface area is 125 Å². The Hall–Kier alpha value is -0.350. The highest BCUT2D eigenvalue weighted by Crippen LogP contribution is 2.51. The normalized spacial score (nSPS) is 17.2. The van der Waals surface area contributed by atoms with Crippen LogP contribution < -0.4 is 5.32 Å². The Balaban J connectivity index is 1.98. The maximum absolute atomic E-state index is 4.64. The van der Waals surface area contributed by atoms with E-state index in [1.54, 1.807) is 0 Å². The van der Waals surface area contributed by atoms with Crippen LogP contribution in [0.1, 0.15) is 51.9 Å². The van der Waals surface area contributed by atoms with E-state index in [0.29, 0.717) is 5.41 Å². The molecule has 0 amide bonds. The highest BCUT2D eigenvalue weighted by atomic mass is 79.9. The Morgan fingerprint density at radius 3 is 2.53 bits per heavy atom. The summed E-state index contributed by atoms with van der Waals surface area (Å²) in [6.07, 6.45) is 3.74. The van der Waals surface area contributed by atoms with E-state index in [1.807, 2.05) is 0 Å². The smallest absolute Gasteiger partial charge is 0.0767 e. The highest BCUT2D eigenvalue weighted by molar-refractivity contribution is 9.10. The van der Waals surface area contributed by atoms with Gasteiger partial charge in [-0.25, -0.2) is 0 Å². The molecule has 1 aromatic heterocycles. The third-order valence-electron chi connectivity index (χ3n) is 4.58. The van der Waals surface area contributed by atoms with Gasteiger partial charge in [-0.1, -0.05) is 20.8 Å². The topological polar surface area (TPSA) is 29.9 Å². The zero-order valence-corrected chi connectivity index (χ0v) is 14.2. The minimum atomic E-state index is 0.567. The van der Waals surface area contributed by atoms with Crippen LogP contribution in [0.5, 0.6) is 0 Å². The van der Waals surface area contributed by atoms with Crippen molar-refractivity contribution >= 4 is 15.9 Å². The number of hydrogen-bond acceptors (Lipinski definition) is 2. The Kier molecular flexibility index (Phi) is 4.72. The third-order valence-corrected chi connectivity index (χ3v) is 5.50. The molecule has 4 heteroatoms. The molecule has 1 aromatic rings. The van der Waals surface area contributed by atoms with Crippen LogP contribution in [0.4, 0.5) is 0 Å². The Morgan fingerprint density at radius 2 is 2.05 bits per heavy atom. The molecule has 0 spiro atoms. The Bertz CT molecular complexity index is 433. The van der Waals surface area contributed by atoms with Crippen LogP contribution >= 0.6 is 15.9 Å². The van der Waals surface area contributed by atoms with Crippen LogP contribution in [-0.2, 0) is 19.5 Å². The van der Waals surface area contributed by atoms with Gasteiger partial charge in [-0.3, -0.25) is 4.68 Å². The van der Waals surface area contributed by atoms with E-state index in [-0.39, 0.29) is 0 Å². The summed E-state index contributed by atoms with van der Waals surface area (Å²) in [5.41, 5.74) is 3.03. The molecule has 0 saturated heterocycles. The molecular weight excluding hydrogens is 302 g/mol. The predicted molar refractivity (Wildman–Crippen MR) is 83.2 cm³/mol. The number of hydrogen-bond donors (Lipinski definition) is 1. The maximum Gasteiger partial charge on any atom is 0.0767 e. The summed E-state index contributed by atoms with van der Waals surface area (Å²) in [7, 11) is 0. The average molecular weight is 328 g/mol. The molecule has 1 saturated carbocycles. The summed E-state index contributed by atoms with van der Waals surface area (Å²) in [4.78, 5) is 0. The van der Waals surface area contributed by atoms with Gasteiger partial charge in [0.05, 0.1) is 15.9 Å². The van der Waals surface area contributed by atoms with Crippen molar-refractivity contribution in [2.24, 2.45) is 11.3 Å². The van der Waals surface area contributed by atoms with Gasteiger partial charge >= 0.3 is 0 Å². The standard InChI is InChI=1S/C15H26BrN3/c1-5-12-14(16)13(19(6-2)18-12)9-17-10-15(7-8-15)11(3)4/h11,17H,5-10H2,1-4H3. The second kappa shape index (κ2) is 5.96. The van der Waals surface area contributed by atoms with Crippen LogP contribution in [0.15, 0.2) is 4.47 Å². The molecule has 0 atom stereocenters. The molecule has 0 radical (unpaired) electrons. The third kappa shape index (κ3) is 3.05. The first-order chi connectivity index (χ1) is 9.04. The zero-order valence-electron chi connectivity index (χ0n) is 12.6. The monoisotopic (exact) mass is 327 g/mol. The quantitative estimate of drug-likeness (QED) is 0.826. The van der Waals surface area contributed by atoms with E-state index in [9.17, 15) is 0 Å². The lowest BCUT2D eigenvalue weighted by Gasteiger charge is -2.20. The number of rotatable bonds is 7. The summed E-state index contributed by atoms with van der Waals surface area (Å²) < 4.78 is 3.31. The molecule has 19 heavy (non-hydrogen) atoms. The van der Waals surface area contributed by atoms with Gasteiger partial charge in [-0.15, -0.1) is 0 Å². The SMILES string of the molecule is CCc1nn(CC)c(CNCC2(C(C)C)CC2)c1Br. The van der Waals surface area contributed by atoms with Crippen molar-refractivity contribution in [3.05, 3.63) is 15.9 Å². The van der Waals surface area contributed by atoms with Crippen molar-refractivity contribution in [2.45, 2.75) is 60.0 Å². The number of aromatic nitrogens is 2. The fourth-order valence-corrected chi connectivity index (χ4v) is 3.44. The van der Waals surface area contributed by atoms with Gasteiger partial charge in [0, 0.05) is 19.6 Å². The van der Waals surface area contributed by atoms with Crippen LogP contribution in [-0.4, -0.2) is 16.3 Å². The first-order valence-corrected chi connectivity index (χ1v) is 8.28. The lowest BCUT2D eigenvalue weighted by Crippen LogP contribution is -2.28.